The number of ether oxygens (including phenoxy) is 3. The fourth-order valence-corrected chi connectivity index (χ4v) is 3.74. The number of hydrogen-bond donors (Lipinski definition) is 2. The van der Waals surface area contributed by atoms with Gasteiger partial charge in [-0.05, 0) is 24.3 Å². The first kappa shape index (κ1) is 20.6. The number of methoxy groups -OCH3 is 1. The molecule has 1 aliphatic rings. The lowest BCUT2D eigenvalue weighted by Crippen LogP contribution is -2.18. The summed E-state index contributed by atoms with van der Waals surface area (Å²) in [5, 5.41) is 6.27. The van der Waals surface area contributed by atoms with Crippen molar-refractivity contribution in [2.45, 2.75) is 6.42 Å². The Morgan fingerprint density at radius 3 is 2.88 bits per heavy atom. The monoisotopic (exact) mass is 445 g/mol. The average molecular weight is 445 g/mol. The fourth-order valence-electron chi connectivity index (χ4n) is 3.74. The first-order valence-electron chi connectivity index (χ1n) is 10.6. The average Bonchev–Trinajstić information content (AvgIpc) is 3.22. The van der Waals surface area contributed by atoms with Gasteiger partial charge in [-0.15, -0.1) is 0 Å². The summed E-state index contributed by atoms with van der Waals surface area (Å²) < 4.78 is 18.5. The summed E-state index contributed by atoms with van der Waals surface area (Å²) in [5.74, 6) is 2.69. The Morgan fingerprint density at radius 2 is 2.00 bits per heavy atom. The molecule has 2 aromatic carbocycles. The highest BCUT2D eigenvalue weighted by Crippen LogP contribution is 2.35. The number of para-hydroxylation sites is 1. The predicted octanol–water partition coefficient (Wildman–Crippen LogP) is 3.62. The molecule has 0 bridgehead atoms. The lowest BCUT2D eigenvalue weighted by Gasteiger charge is -2.19. The predicted molar refractivity (Wildman–Crippen MR) is 124 cm³/mol. The van der Waals surface area contributed by atoms with Gasteiger partial charge in [0.05, 0.1) is 13.3 Å². The highest BCUT2D eigenvalue weighted by atomic mass is 16.6. The minimum Gasteiger partial charge on any atom is -0.496 e. The quantitative estimate of drug-likeness (QED) is 0.448. The molecule has 0 atom stereocenters. The van der Waals surface area contributed by atoms with E-state index in [-0.39, 0.29) is 12.3 Å². The minimum atomic E-state index is -0.117. The summed E-state index contributed by atoms with van der Waals surface area (Å²) in [5.41, 5.74) is 2.95. The smallest absolute Gasteiger partial charge is 0.226 e. The molecule has 33 heavy (non-hydrogen) atoms. The SMILES string of the molecule is COc1ccccc1-c1nc2cnccn2c1NCCC(=O)Nc1ccc2c(c1)OCCO2. The molecule has 2 aromatic heterocycles. The van der Waals surface area contributed by atoms with E-state index in [1.165, 1.54) is 0 Å². The van der Waals surface area contributed by atoms with Crippen LogP contribution in [0.4, 0.5) is 11.5 Å². The number of nitrogens with zero attached hydrogens (tertiary/aromatic N) is 3. The summed E-state index contributed by atoms with van der Waals surface area (Å²) in [6, 6.07) is 13.1. The van der Waals surface area contributed by atoms with Crippen LogP contribution in [0.5, 0.6) is 17.2 Å². The number of hydrogen-bond acceptors (Lipinski definition) is 7. The zero-order chi connectivity index (χ0) is 22.6. The van der Waals surface area contributed by atoms with Crippen LogP contribution in [0, 0.1) is 0 Å². The van der Waals surface area contributed by atoms with E-state index in [1.54, 1.807) is 37.7 Å². The van der Waals surface area contributed by atoms with E-state index in [0.29, 0.717) is 48.3 Å². The molecule has 0 radical (unpaired) electrons. The summed E-state index contributed by atoms with van der Waals surface area (Å²) in [6.07, 6.45) is 5.48. The maximum absolute atomic E-state index is 12.6. The molecular formula is C24H23N5O4. The molecule has 0 fully saturated rings. The van der Waals surface area contributed by atoms with Crippen molar-refractivity contribution in [1.82, 2.24) is 14.4 Å². The van der Waals surface area contributed by atoms with Crippen molar-refractivity contribution in [3.63, 3.8) is 0 Å². The Kier molecular flexibility index (Phi) is 5.67. The van der Waals surface area contributed by atoms with Gasteiger partial charge in [-0.2, -0.15) is 0 Å². The van der Waals surface area contributed by atoms with E-state index in [0.717, 1.165) is 17.1 Å². The molecule has 9 nitrogen and oxygen atoms in total. The van der Waals surface area contributed by atoms with Crippen molar-refractivity contribution in [1.29, 1.82) is 0 Å². The molecule has 0 spiro atoms. The number of carbonyl (C=O) groups is 1. The van der Waals surface area contributed by atoms with Crippen LogP contribution in [0.1, 0.15) is 6.42 Å². The third-order valence-corrected chi connectivity index (χ3v) is 5.26. The largest absolute Gasteiger partial charge is 0.496 e. The number of amides is 1. The number of carbonyl (C=O) groups excluding carboxylic acids is 1. The van der Waals surface area contributed by atoms with Crippen molar-refractivity contribution in [3.05, 3.63) is 61.1 Å². The normalized spacial score (nSPS) is 12.4. The Bertz CT molecular complexity index is 1300. The second-order valence-electron chi connectivity index (χ2n) is 7.40. The molecule has 4 aromatic rings. The van der Waals surface area contributed by atoms with Gasteiger partial charge >= 0.3 is 0 Å². The van der Waals surface area contributed by atoms with Crippen LogP contribution in [0.15, 0.2) is 61.1 Å². The van der Waals surface area contributed by atoms with Crippen LogP contribution in [0.25, 0.3) is 16.9 Å². The number of aromatic nitrogens is 3. The maximum atomic E-state index is 12.6. The van der Waals surface area contributed by atoms with Crippen LogP contribution < -0.4 is 24.8 Å². The lowest BCUT2D eigenvalue weighted by atomic mass is 10.1. The number of benzene rings is 2. The molecule has 1 amide bonds. The Morgan fingerprint density at radius 1 is 1.15 bits per heavy atom. The third-order valence-electron chi connectivity index (χ3n) is 5.26. The highest BCUT2D eigenvalue weighted by molar-refractivity contribution is 5.91. The molecule has 5 rings (SSSR count). The zero-order valence-corrected chi connectivity index (χ0v) is 18.1. The number of nitrogens with one attached hydrogen (secondary N) is 2. The number of imidazole rings is 1. The first-order chi connectivity index (χ1) is 16.2. The number of fused-ring (bicyclic) bond motifs is 2. The standard InChI is InChI=1S/C24H23N5O4/c1-31-18-5-3-2-4-17(18)23-24(29-11-10-25-15-21(29)28-23)26-9-8-22(30)27-16-6-7-19-20(14-16)33-13-12-32-19/h2-7,10-11,14-15,26H,8-9,12-13H2,1H3,(H,27,30). The number of rotatable bonds is 7. The molecule has 1 aliphatic heterocycles. The lowest BCUT2D eigenvalue weighted by molar-refractivity contribution is -0.115. The molecule has 0 saturated carbocycles. The van der Waals surface area contributed by atoms with E-state index >= 15 is 0 Å². The van der Waals surface area contributed by atoms with Crippen LogP contribution in [0.2, 0.25) is 0 Å². The zero-order valence-electron chi connectivity index (χ0n) is 18.1. The topological polar surface area (TPSA) is 99.0 Å². The second-order valence-corrected chi connectivity index (χ2v) is 7.40. The molecule has 9 heteroatoms. The maximum Gasteiger partial charge on any atom is 0.226 e. The number of anilines is 2. The van der Waals surface area contributed by atoms with E-state index in [1.807, 2.05) is 34.9 Å². The van der Waals surface area contributed by atoms with Crippen LogP contribution in [0.3, 0.4) is 0 Å². The van der Waals surface area contributed by atoms with Crippen molar-refractivity contribution in [2.75, 3.05) is 37.5 Å². The van der Waals surface area contributed by atoms with Crippen LogP contribution in [-0.2, 0) is 4.79 Å². The van der Waals surface area contributed by atoms with Crippen LogP contribution in [-0.4, -0.2) is 47.1 Å². The van der Waals surface area contributed by atoms with Gasteiger partial charge in [0.2, 0.25) is 5.91 Å². The van der Waals surface area contributed by atoms with Gasteiger partial charge in [0.1, 0.15) is 30.5 Å². The molecule has 2 N–H and O–H groups in total. The fraction of sp³-hybridized carbons (Fsp3) is 0.208. The van der Waals surface area contributed by atoms with Crippen molar-refractivity contribution >= 4 is 23.1 Å². The third kappa shape index (κ3) is 4.25. The molecule has 3 heterocycles. The summed E-state index contributed by atoms with van der Waals surface area (Å²) >= 11 is 0. The van der Waals surface area contributed by atoms with Crippen molar-refractivity contribution in [2.24, 2.45) is 0 Å². The second kappa shape index (κ2) is 9.07. The Balaban J connectivity index is 1.31. The van der Waals surface area contributed by atoms with Gasteiger partial charge in [0.25, 0.3) is 0 Å². The molecular weight excluding hydrogens is 422 g/mol. The summed E-state index contributed by atoms with van der Waals surface area (Å²) in [7, 11) is 1.63. The van der Waals surface area contributed by atoms with Crippen molar-refractivity contribution < 1.29 is 19.0 Å². The van der Waals surface area contributed by atoms with Gasteiger partial charge in [-0.3, -0.25) is 14.2 Å². The van der Waals surface area contributed by atoms with Gasteiger partial charge < -0.3 is 24.8 Å². The van der Waals surface area contributed by atoms with Crippen molar-refractivity contribution in [3.8, 4) is 28.5 Å². The molecule has 168 valence electrons. The first-order valence-corrected chi connectivity index (χ1v) is 10.6. The molecule has 0 aliphatic carbocycles. The van der Waals surface area contributed by atoms with E-state index in [9.17, 15) is 4.79 Å². The van der Waals surface area contributed by atoms with Gasteiger partial charge in [-0.25, -0.2) is 4.98 Å². The Labute approximate surface area is 190 Å². The molecule has 0 unspecified atom stereocenters. The molecule has 0 saturated heterocycles. The van der Waals surface area contributed by atoms with E-state index < -0.39 is 0 Å². The van der Waals surface area contributed by atoms with Gasteiger partial charge in [0.15, 0.2) is 17.1 Å². The Hall–Kier alpha value is -4.27. The van der Waals surface area contributed by atoms with E-state index in [2.05, 4.69) is 15.6 Å². The summed E-state index contributed by atoms with van der Waals surface area (Å²) in [6.45, 7) is 1.44. The minimum absolute atomic E-state index is 0.117. The van der Waals surface area contributed by atoms with Gasteiger partial charge in [0, 0.05) is 42.7 Å². The summed E-state index contributed by atoms with van der Waals surface area (Å²) in [4.78, 5) is 21.4. The van der Waals surface area contributed by atoms with E-state index in [4.69, 9.17) is 19.2 Å². The highest BCUT2D eigenvalue weighted by Gasteiger charge is 2.18. The van der Waals surface area contributed by atoms with Crippen LogP contribution >= 0.6 is 0 Å². The van der Waals surface area contributed by atoms with Gasteiger partial charge in [-0.1, -0.05) is 12.1 Å².